The van der Waals surface area contributed by atoms with Crippen molar-refractivity contribution in [1.82, 2.24) is 10.5 Å². The molecule has 0 bridgehead atoms. The zero-order valence-electron chi connectivity index (χ0n) is 31.3. The van der Waals surface area contributed by atoms with Crippen LogP contribution < -0.4 is 48.5 Å². The van der Waals surface area contributed by atoms with Crippen molar-refractivity contribution in [2.45, 2.75) is 31.8 Å². The molecule has 0 fully saturated rings. The summed E-state index contributed by atoms with van der Waals surface area (Å²) in [6.45, 7) is 0.986. The molecule has 1 aliphatic rings. The van der Waals surface area contributed by atoms with E-state index in [1.54, 1.807) is 60.9 Å². The van der Waals surface area contributed by atoms with E-state index < -0.39 is 0 Å². The van der Waals surface area contributed by atoms with Gasteiger partial charge in [0.05, 0.1) is 61.4 Å². The van der Waals surface area contributed by atoms with Crippen LogP contribution in [0.4, 0.5) is 5.69 Å². The number of amides is 1. The van der Waals surface area contributed by atoms with Gasteiger partial charge in [-0.05, 0) is 79.8 Å². The number of anilines is 1. The van der Waals surface area contributed by atoms with Crippen molar-refractivity contribution in [3.8, 4) is 68.6 Å². The summed E-state index contributed by atoms with van der Waals surface area (Å²) in [6, 6.07) is 22.2. The number of rotatable bonds is 18. The predicted molar refractivity (Wildman–Crippen MR) is 203 cm³/mol. The molecule has 0 saturated heterocycles. The number of nitrogens with zero attached hydrogens (tertiary/aromatic N) is 1. The van der Waals surface area contributed by atoms with Crippen LogP contribution in [0.15, 0.2) is 77.3 Å². The molecule has 2 N–H and O–H groups in total. The molecule has 1 unspecified atom stereocenters. The molecule has 1 aliphatic heterocycles. The first kappa shape index (κ1) is 37.5. The second-order valence-corrected chi connectivity index (χ2v) is 12.3. The van der Waals surface area contributed by atoms with E-state index in [0.29, 0.717) is 87.4 Å². The summed E-state index contributed by atoms with van der Waals surface area (Å²) in [5, 5.41) is 10.7. The summed E-state index contributed by atoms with van der Waals surface area (Å²) in [5.41, 5.74) is 4.21. The predicted octanol–water partition coefficient (Wildman–Crippen LogP) is 7.93. The number of carbonyl (C=O) groups is 1. The summed E-state index contributed by atoms with van der Waals surface area (Å²) in [5.74, 6) is 4.62. The second-order valence-electron chi connectivity index (χ2n) is 12.3. The van der Waals surface area contributed by atoms with Crippen molar-refractivity contribution < 1.29 is 47.2 Å². The van der Waals surface area contributed by atoms with Gasteiger partial charge in [0.2, 0.25) is 11.5 Å². The van der Waals surface area contributed by atoms with Crippen molar-refractivity contribution in [2.24, 2.45) is 0 Å². The minimum atomic E-state index is -0.379. The first-order valence-corrected chi connectivity index (χ1v) is 17.5. The molecule has 5 aromatic rings. The molecule has 1 atom stereocenters. The van der Waals surface area contributed by atoms with Gasteiger partial charge in [0, 0.05) is 22.9 Å². The van der Waals surface area contributed by atoms with E-state index in [-0.39, 0.29) is 12.1 Å². The Hall–Kier alpha value is -6.24. The van der Waals surface area contributed by atoms with Gasteiger partial charge in [-0.2, -0.15) is 0 Å². The molecule has 0 saturated carbocycles. The largest absolute Gasteiger partial charge is 0.493 e. The Labute approximate surface area is 314 Å². The fourth-order valence-corrected chi connectivity index (χ4v) is 6.28. The van der Waals surface area contributed by atoms with Gasteiger partial charge in [-0.25, -0.2) is 0 Å². The van der Waals surface area contributed by atoms with Crippen LogP contribution in [-0.4, -0.2) is 66.9 Å². The Morgan fingerprint density at radius 1 is 0.593 bits per heavy atom. The average molecular weight is 740 g/mol. The van der Waals surface area contributed by atoms with Crippen LogP contribution in [0, 0.1) is 0 Å². The first-order chi connectivity index (χ1) is 26.4. The Morgan fingerprint density at radius 2 is 1.26 bits per heavy atom. The van der Waals surface area contributed by atoms with Gasteiger partial charge in [-0.15, -0.1) is 0 Å². The number of ether oxygens (including phenoxy) is 8. The SMILES string of the molecule is COc1cc(C2NC(=O)c3ccccc3N2)ccc1OCCCCCCOc1c(OC)ccc(-c2cc(-c3cc(OC)c(OC)c(OC)c3)on2)c1OC. The molecule has 0 spiro atoms. The molecule has 284 valence electrons. The molecule has 0 aliphatic carbocycles. The maximum atomic E-state index is 12.6. The zero-order chi connectivity index (χ0) is 38.0. The smallest absolute Gasteiger partial charge is 0.255 e. The Kier molecular flexibility index (Phi) is 12.2. The summed E-state index contributed by atoms with van der Waals surface area (Å²) in [4.78, 5) is 12.6. The van der Waals surface area contributed by atoms with E-state index in [2.05, 4.69) is 15.8 Å². The summed E-state index contributed by atoms with van der Waals surface area (Å²) >= 11 is 0. The van der Waals surface area contributed by atoms with Gasteiger partial charge in [-0.1, -0.05) is 23.4 Å². The topological polar surface area (TPSA) is 141 Å². The van der Waals surface area contributed by atoms with E-state index in [4.69, 9.17) is 42.4 Å². The average Bonchev–Trinajstić information content (AvgIpc) is 3.71. The van der Waals surface area contributed by atoms with Crippen LogP contribution in [0.1, 0.15) is 47.8 Å². The number of hydrogen-bond donors (Lipinski definition) is 2. The van der Waals surface area contributed by atoms with Gasteiger partial charge in [-0.3, -0.25) is 4.79 Å². The van der Waals surface area contributed by atoms with E-state index in [9.17, 15) is 4.79 Å². The quantitative estimate of drug-likeness (QED) is 0.0843. The highest BCUT2D eigenvalue weighted by molar-refractivity contribution is 6.01. The lowest BCUT2D eigenvalue weighted by Gasteiger charge is -2.28. The number of carbonyl (C=O) groups excluding carboxylic acids is 1. The standard InChI is InChI=1S/C41H45N3O10/c1-46-32-18-16-27(30-24-33(54-44-30)26-22-35(48-3)38(51-6)36(23-26)49-4)37(50-5)39(32)53-20-12-8-7-11-19-52-31-17-15-25(21-34(31)47-2)40-42-29-14-10-9-13-28(29)41(45)43-40/h9-10,13-18,21-24,40,42H,7-8,11-12,19-20H2,1-6H3,(H,43,45). The molecule has 1 aromatic heterocycles. The molecule has 13 nitrogen and oxygen atoms in total. The maximum absolute atomic E-state index is 12.6. The van der Waals surface area contributed by atoms with Gasteiger partial charge < -0.3 is 53.1 Å². The van der Waals surface area contributed by atoms with Crippen molar-refractivity contribution in [2.75, 3.05) is 61.2 Å². The number of unbranched alkanes of at least 4 members (excludes halogenated alkanes) is 3. The third-order valence-electron chi connectivity index (χ3n) is 9.05. The number of methoxy groups -OCH3 is 6. The number of benzene rings is 4. The maximum Gasteiger partial charge on any atom is 0.255 e. The summed E-state index contributed by atoms with van der Waals surface area (Å²) in [7, 11) is 9.45. The minimum Gasteiger partial charge on any atom is -0.493 e. The van der Waals surface area contributed by atoms with E-state index >= 15 is 0 Å². The number of para-hydroxylation sites is 1. The van der Waals surface area contributed by atoms with Crippen LogP contribution in [0.3, 0.4) is 0 Å². The lowest BCUT2D eigenvalue weighted by atomic mass is 10.1. The highest BCUT2D eigenvalue weighted by Gasteiger charge is 2.25. The van der Waals surface area contributed by atoms with Crippen LogP contribution in [-0.2, 0) is 0 Å². The molecule has 4 aromatic carbocycles. The van der Waals surface area contributed by atoms with Gasteiger partial charge in [0.1, 0.15) is 11.9 Å². The number of fused-ring (bicyclic) bond motifs is 1. The molecule has 13 heteroatoms. The molecular formula is C41H45N3O10. The minimum absolute atomic E-state index is 0.124. The van der Waals surface area contributed by atoms with Gasteiger partial charge in [0.15, 0.2) is 40.3 Å². The number of aromatic nitrogens is 1. The molecule has 0 radical (unpaired) electrons. The lowest BCUT2D eigenvalue weighted by Crippen LogP contribution is -2.38. The van der Waals surface area contributed by atoms with E-state index in [1.165, 1.54) is 0 Å². The van der Waals surface area contributed by atoms with Crippen LogP contribution in [0.5, 0.6) is 46.0 Å². The molecular weight excluding hydrogens is 694 g/mol. The fourth-order valence-electron chi connectivity index (χ4n) is 6.28. The Balaban J connectivity index is 1.02. The van der Waals surface area contributed by atoms with Crippen LogP contribution in [0.2, 0.25) is 0 Å². The van der Waals surface area contributed by atoms with Crippen molar-refractivity contribution >= 4 is 11.6 Å². The monoisotopic (exact) mass is 739 g/mol. The highest BCUT2D eigenvalue weighted by Crippen LogP contribution is 2.46. The van der Waals surface area contributed by atoms with Gasteiger partial charge in [0.25, 0.3) is 5.91 Å². The fraction of sp³-hybridized carbons (Fsp3) is 0.317. The van der Waals surface area contributed by atoms with E-state index in [0.717, 1.165) is 36.9 Å². The Morgan fingerprint density at radius 3 is 1.94 bits per heavy atom. The zero-order valence-corrected chi connectivity index (χ0v) is 31.3. The van der Waals surface area contributed by atoms with E-state index in [1.807, 2.05) is 54.6 Å². The Bertz CT molecular complexity index is 2040. The lowest BCUT2D eigenvalue weighted by molar-refractivity contribution is 0.0935. The molecule has 2 heterocycles. The molecule has 6 rings (SSSR count). The third kappa shape index (κ3) is 8.04. The molecule has 1 amide bonds. The van der Waals surface area contributed by atoms with Crippen molar-refractivity contribution in [3.63, 3.8) is 0 Å². The third-order valence-corrected chi connectivity index (χ3v) is 9.05. The van der Waals surface area contributed by atoms with Crippen LogP contribution in [0.25, 0.3) is 22.6 Å². The molecule has 54 heavy (non-hydrogen) atoms. The highest BCUT2D eigenvalue weighted by atomic mass is 16.5. The number of nitrogens with one attached hydrogen (secondary N) is 2. The van der Waals surface area contributed by atoms with Gasteiger partial charge >= 0.3 is 0 Å². The second kappa shape index (κ2) is 17.5. The number of hydrogen-bond acceptors (Lipinski definition) is 12. The first-order valence-electron chi connectivity index (χ1n) is 17.5. The van der Waals surface area contributed by atoms with Crippen molar-refractivity contribution in [3.05, 3.63) is 83.9 Å². The van der Waals surface area contributed by atoms with Crippen molar-refractivity contribution in [1.29, 1.82) is 0 Å². The van der Waals surface area contributed by atoms with Crippen LogP contribution >= 0.6 is 0 Å². The normalized spacial score (nSPS) is 13.2. The summed E-state index contributed by atoms with van der Waals surface area (Å²) < 4.78 is 51.6. The summed E-state index contributed by atoms with van der Waals surface area (Å²) in [6.07, 6.45) is 3.16.